The molecule has 0 spiro atoms. The van der Waals surface area contributed by atoms with E-state index in [1.165, 1.54) is 73.0 Å². The SMILES string of the molecule is CN1c2ccccc2C(C)(C)c2ccc(C(=C3C=CC(=[N+](C)C)C=C3)c3ccc4c(c3)N(C)c3ccccc3C4(C)C)cc21. The van der Waals surface area contributed by atoms with Crippen LogP contribution in [0.25, 0.3) is 5.57 Å². The lowest BCUT2D eigenvalue weighted by Gasteiger charge is -2.41. The lowest BCUT2D eigenvalue weighted by atomic mass is 9.72. The normalized spacial score (nSPS) is 17.1. The van der Waals surface area contributed by atoms with Crippen molar-refractivity contribution in [2.75, 3.05) is 38.0 Å². The van der Waals surface area contributed by atoms with E-state index in [0.29, 0.717) is 0 Å². The predicted molar refractivity (Wildman–Crippen MR) is 188 cm³/mol. The molecule has 2 aliphatic heterocycles. The second-order valence-corrected chi connectivity index (χ2v) is 13.7. The predicted octanol–water partition coefficient (Wildman–Crippen LogP) is 9.14. The minimum Gasteiger partial charge on any atom is -0.344 e. The average molecular weight is 577 g/mol. The first-order chi connectivity index (χ1) is 21.0. The molecule has 3 heteroatoms. The molecule has 0 amide bonds. The third kappa shape index (κ3) is 4.13. The fourth-order valence-electron chi connectivity index (χ4n) is 7.55. The van der Waals surface area contributed by atoms with Crippen LogP contribution in [0.4, 0.5) is 22.7 Å². The van der Waals surface area contributed by atoms with Gasteiger partial charge in [0.25, 0.3) is 0 Å². The van der Waals surface area contributed by atoms with E-state index in [9.17, 15) is 0 Å². The van der Waals surface area contributed by atoms with Crippen LogP contribution < -0.4 is 9.80 Å². The van der Waals surface area contributed by atoms with Crippen molar-refractivity contribution in [3.63, 3.8) is 0 Å². The smallest absolute Gasteiger partial charge is 0.199 e. The number of fused-ring (bicyclic) bond motifs is 4. The van der Waals surface area contributed by atoms with E-state index in [1.807, 2.05) is 0 Å². The second-order valence-electron chi connectivity index (χ2n) is 13.7. The summed E-state index contributed by atoms with van der Waals surface area (Å²) in [5, 5.41) is 0. The lowest BCUT2D eigenvalue weighted by Crippen LogP contribution is -2.31. The largest absolute Gasteiger partial charge is 0.344 e. The zero-order chi connectivity index (χ0) is 31.0. The van der Waals surface area contributed by atoms with Crippen LogP contribution in [0.5, 0.6) is 0 Å². The summed E-state index contributed by atoms with van der Waals surface area (Å²) in [7, 11) is 8.60. The molecule has 3 aliphatic rings. The van der Waals surface area contributed by atoms with Crippen molar-refractivity contribution in [3.8, 4) is 0 Å². The maximum atomic E-state index is 2.41. The number of hydrogen-bond acceptors (Lipinski definition) is 2. The van der Waals surface area contributed by atoms with E-state index in [4.69, 9.17) is 0 Å². The van der Waals surface area contributed by atoms with Crippen molar-refractivity contribution in [3.05, 3.63) is 148 Å². The zero-order valence-electron chi connectivity index (χ0n) is 27.2. The molecule has 2 heterocycles. The van der Waals surface area contributed by atoms with E-state index in [2.05, 4.69) is 179 Å². The number of hydrogen-bond donors (Lipinski definition) is 0. The minimum atomic E-state index is -0.0853. The molecule has 0 unspecified atom stereocenters. The third-order valence-electron chi connectivity index (χ3n) is 10.2. The number of anilines is 4. The van der Waals surface area contributed by atoms with Crippen LogP contribution in [0.3, 0.4) is 0 Å². The van der Waals surface area contributed by atoms with Gasteiger partial charge in [-0.3, -0.25) is 0 Å². The highest BCUT2D eigenvalue weighted by molar-refractivity contribution is 6.04. The first-order valence-corrected chi connectivity index (χ1v) is 15.6. The quantitative estimate of drug-likeness (QED) is 0.220. The van der Waals surface area contributed by atoms with Gasteiger partial charge in [-0.1, -0.05) is 88.4 Å². The van der Waals surface area contributed by atoms with Crippen LogP contribution in [0, 0.1) is 0 Å². The molecule has 220 valence electrons. The van der Waals surface area contributed by atoms with Crippen molar-refractivity contribution in [1.29, 1.82) is 0 Å². The summed E-state index contributed by atoms with van der Waals surface area (Å²) in [5.41, 5.74) is 16.4. The van der Waals surface area contributed by atoms with Gasteiger partial charge < -0.3 is 9.80 Å². The number of rotatable bonds is 2. The van der Waals surface area contributed by atoms with Crippen LogP contribution in [0.1, 0.15) is 61.1 Å². The van der Waals surface area contributed by atoms with Gasteiger partial charge in [0.2, 0.25) is 0 Å². The molecule has 0 saturated heterocycles. The van der Waals surface area contributed by atoms with Crippen LogP contribution in [0.15, 0.2) is 115 Å². The Labute approximate surface area is 262 Å². The average Bonchev–Trinajstić information content (AvgIpc) is 3.03. The summed E-state index contributed by atoms with van der Waals surface area (Å²) in [6, 6.07) is 31.8. The van der Waals surface area contributed by atoms with Crippen LogP contribution in [0.2, 0.25) is 0 Å². The highest BCUT2D eigenvalue weighted by Gasteiger charge is 2.37. The summed E-state index contributed by atoms with van der Waals surface area (Å²) in [4.78, 5) is 4.73. The standard InChI is InChI=1S/C41H42N3/c1-40(2)31-13-9-11-15-35(31)43(7)37-25-28(19-23-33(37)40)39(27-17-21-30(22-18-27)42(5)6)29-20-24-34-38(26-29)44(8)36-16-12-10-14-32(36)41(34,3)4/h9-26H,1-8H3/q+1. The minimum absolute atomic E-state index is 0.0853. The van der Waals surface area contributed by atoms with Crippen LogP contribution in [-0.4, -0.2) is 38.5 Å². The van der Waals surface area contributed by atoms with Gasteiger partial charge in [0.15, 0.2) is 5.71 Å². The third-order valence-corrected chi connectivity index (χ3v) is 10.2. The Balaban J connectivity index is 1.44. The summed E-state index contributed by atoms with van der Waals surface area (Å²) in [6.07, 6.45) is 9.00. The molecule has 0 radical (unpaired) electrons. The molecule has 0 bridgehead atoms. The zero-order valence-corrected chi connectivity index (χ0v) is 27.2. The number of allylic oxidation sites excluding steroid dienone is 5. The number of para-hydroxylation sites is 2. The van der Waals surface area contributed by atoms with Crippen molar-refractivity contribution in [2.45, 2.75) is 38.5 Å². The van der Waals surface area contributed by atoms with Gasteiger partial charge in [0, 0.05) is 59.8 Å². The van der Waals surface area contributed by atoms with Gasteiger partial charge >= 0.3 is 0 Å². The molecule has 4 aromatic rings. The molecular weight excluding hydrogens is 534 g/mol. The van der Waals surface area contributed by atoms with E-state index >= 15 is 0 Å². The first kappa shape index (κ1) is 28.2. The molecule has 44 heavy (non-hydrogen) atoms. The Morgan fingerprint density at radius 3 is 1.36 bits per heavy atom. The monoisotopic (exact) mass is 576 g/mol. The van der Waals surface area contributed by atoms with Gasteiger partial charge in [0.1, 0.15) is 14.1 Å². The molecule has 0 atom stereocenters. The van der Waals surface area contributed by atoms with Crippen molar-refractivity contribution in [1.82, 2.24) is 0 Å². The maximum Gasteiger partial charge on any atom is 0.199 e. The molecule has 0 aromatic heterocycles. The van der Waals surface area contributed by atoms with Crippen LogP contribution >= 0.6 is 0 Å². The summed E-state index contributed by atoms with van der Waals surface area (Å²) < 4.78 is 2.16. The Morgan fingerprint density at radius 1 is 0.523 bits per heavy atom. The summed E-state index contributed by atoms with van der Waals surface area (Å²) in [5.74, 6) is 0. The molecule has 4 aromatic carbocycles. The molecule has 0 saturated carbocycles. The molecule has 0 N–H and O–H groups in total. The van der Waals surface area contributed by atoms with Crippen LogP contribution in [-0.2, 0) is 10.8 Å². The molecule has 3 nitrogen and oxygen atoms in total. The fraction of sp³-hybridized carbons (Fsp3) is 0.244. The number of benzene rings is 4. The highest BCUT2D eigenvalue weighted by Crippen LogP contribution is 2.51. The van der Waals surface area contributed by atoms with Gasteiger partial charge in [-0.25, -0.2) is 4.58 Å². The van der Waals surface area contributed by atoms with Crippen molar-refractivity contribution >= 4 is 34.0 Å². The molecule has 7 rings (SSSR count). The Morgan fingerprint density at radius 2 is 0.932 bits per heavy atom. The first-order valence-electron chi connectivity index (χ1n) is 15.6. The van der Waals surface area contributed by atoms with Gasteiger partial charge in [-0.05, 0) is 80.9 Å². The van der Waals surface area contributed by atoms with E-state index < -0.39 is 0 Å². The molecular formula is C41H42N3+. The van der Waals surface area contributed by atoms with Crippen molar-refractivity contribution < 1.29 is 4.58 Å². The van der Waals surface area contributed by atoms with Crippen molar-refractivity contribution in [2.24, 2.45) is 0 Å². The fourth-order valence-corrected chi connectivity index (χ4v) is 7.55. The lowest BCUT2D eigenvalue weighted by molar-refractivity contribution is -0.462. The van der Waals surface area contributed by atoms with E-state index in [-0.39, 0.29) is 10.8 Å². The Kier molecular flexibility index (Phi) is 6.37. The van der Waals surface area contributed by atoms with Gasteiger partial charge in [-0.2, -0.15) is 0 Å². The topological polar surface area (TPSA) is 9.49 Å². The molecule has 1 aliphatic carbocycles. The second kappa shape index (κ2) is 9.95. The van der Waals surface area contributed by atoms with Gasteiger partial charge in [0.05, 0.1) is 0 Å². The van der Waals surface area contributed by atoms with E-state index in [0.717, 1.165) is 0 Å². The Hall–Kier alpha value is -4.63. The Bertz CT molecular complexity index is 1830. The van der Waals surface area contributed by atoms with Gasteiger partial charge in [-0.15, -0.1) is 0 Å². The number of nitrogens with zero attached hydrogens (tertiary/aromatic N) is 3. The maximum absolute atomic E-state index is 2.41. The highest BCUT2D eigenvalue weighted by atomic mass is 15.1. The van der Waals surface area contributed by atoms with E-state index in [1.54, 1.807) is 0 Å². The summed E-state index contributed by atoms with van der Waals surface area (Å²) in [6.45, 7) is 9.39. The summed E-state index contributed by atoms with van der Waals surface area (Å²) >= 11 is 0. The molecule has 0 fully saturated rings.